The summed E-state index contributed by atoms with van der Waals surface area (Å²) in [7, 11) is 0. The smallest absolute Gasteiger partial charge is 0.243 e. The highest BCUT2D eigenvalue weighted by atomic mass is 16.2. The number of rotatable bonds is 17. The third kappa shape index (κ3) is 17.6. The minimum atomic E-state index is -1.33. The quantitative estimate of drug-likeness (QED) is 0.0681. The lowest BCUT2D eigenvalue weighted by Crippen LogP contribution is -2.59. The number of nitrogens with one attached hydrogen (secondary N) is 10. The van der Waals surface area contributed by atoms with Gasteiger partial charge in [-0.05, 0) is 132 Å². The molecule has 1 saturated heterocycles. The maximum atomic E-state index is 14.9. The van der Waals surface area contributed by atoms with Crippen LogP contribution in [0.25, 0.3) is 21.8 Å². The van der Waals surface area contributed by atoms with Gasteiger partial charge in [-0.15, -0.1) is 0 Å². The second-order valence-electron chi connectivity index (χ2n) is 22.8. The zero-order chi connectivity index (χ0) is 58.0. The van der Waals surface area contributed by atoms with Gasteiger partial charge in [0.2, 0.25) is 53.2 Å². The number of hydrogen-bond donors (Lipinski definition) is 13. The molecule has 1 aliphatic heterocycles. The van der Waals surface area contributed by atoms with Crippen molar-refractivity contribution >= 4 is 75.0 Å². The first kappa shape index (κ1) is 61.3. The van der Waals surface area contributed by atoms with Crippen LogP contribution in [0.15, 0.2) is 60.9 Å². The topological polar surface area (TPSA) is 360 Å². The number of aromatic nitrogens is 2. The molecule has 0 spiro atoms. The maximum Gasteiger partial charge on any atom is 0.243 e. The second-order valence-corrected chi connectivity index (χ2v) is 22.8. The van der Waals surface area contributed by atoms with Crippen LogP contribution in [0, 0.1) is 17.8 Å². The van der Waals surface area contributed by atoms with E-state index >= 15 is 0 Å². The minimum Gasteiger partial charge on any atom is -0.370 e. The number of fused-ring (bicyclic) bond motifs is 6. The normalized spacial score (nSPS) is 26.2. The van der Waals surface area contributed by atoms with E-state index in [0.717, 1.165) is 32.9 Å². The molecule has 440 valence electrons. The van der Waals surface area contributed by atoms with Crippen LogP contribution >= 0.6 is 0 Å². The predicted octanol–water partition coefficient (Wildman–Crippen LogP) is 2.28. The summed E-state index contributed by atoms with van der Waals surface area (Å²) < 4.78 is 0. The third-order valence-corrected chi connectivity index (χ3v) is 16.1. The van der Waals surface area contributed by atoms with Crippen LogP contribution in [0.4, 0.5) is 0 Å². The van der Waals surface area contributed by atoms with E-state index in [2.05, 4.69) is 52.5 Å². The molecule has 2 aromatic heterocycles. The molecule has 10 atom stereocenters. The number of nitrogens with two attached hydrogens (primary N) is 3. The van der Waals surface area contributed by atoms with Gasteiger partial charge in [-0.3, -0.25) is 43.2 Å². The number of aromatic amines is 2. The lowest BCUT2D eigenvalue weighted by molar-refractivity contribution is -0.136. The largest absolute Gasteiger partial charge is 0.370 e. The number of H-pyrrole nitrogens is 2. The summed E-state index contributed by atoms with van der Waals surface area (Å²) in [5.74, 6) is -6.53. The maximum absolute atomic E-state index is 14.9. The summed E-state index contributed by atoms with van der Waals surface area (Å²) in [6.45, 7) is 4.51. The monoisotopic (exact) mass is 1120 g/mol. The van der Waals surface area contributed by atoms with Gasteiger partial charge >= 0.3 is 0 Å². The Hall–Kier alpha value is -7.33. The van der Waals surface area contributed by atoms with E-state index in [9.17, 15) is 43.2 Å². The number of carbonyl (C=O) groups is 9. The van der Waals surface area contributed by atoms with Crippen LogP contribution in [-0.2, 0) is 56.0 Å². The molecule has 81 heavy (non-hydrogen) atoms. The fourth-order valence-electron chi connectivity index (χ4n) is 11.6. The van der Waals surface area contributed by atoms with Gasteiger partial charge in [0.05, 0.1) is 0 Å². The highest BCUT2D eigenvalue weighted by Gasteiger charge is 2.38. The van der Waals surface area contributed by atoms with E-state index in [-0.39, 0.29) is 63.7 Å². The van der Waals surface area contributed by atoms with Crippen molar-refractivity contribution in [2.45, 2.75) is 184 Å². The number of primary amides is 1. The van der Waals surface area contributed by atoms with Crippen molar-refractivity contribution in [2.24, 2.45) is 35.0 Å². The van der Waals surface area contributed by atoms with Gasteiger partial charge in [-0.25, -0.2) is 0 Å². The van der Waals surface area contributed by atoms with Crippen LogP contribution in [0.1, 0.15) is 134 Å². The Labute approximate surface area is 473 Å². The summed E-state index contributed by atoms with van der Waals surface area (Å²) in [5, 5.41) is 25.4. The molecule has 0 radical (unpaired) electrons. The van der Waals surface area contributed by atoms with Crippen molar-refractivity contribution in [3.63, 3.8) is 0 Å². The highest BCUT2D eigenvalue weighted by Crippen LogP contribution is 2.28. The summed E-state index contributed by atoms with van der Waals surface area (Å²) in [6.07, 6.45) is 9.38. The van der Waals surface area contributed by atoms with E-state index in [4.69, 9.17) is 17.2 Å². The van der Waals surface area contributed by atoms with Crippen LogP contribution in [0.2, 0.25) is 0 Å². The molecule has 7 rings (SSSR count). The van der Waals surface area contributed by atoms with E-state index in [1.165, 1.54) is 0 Å². The fraction of sp³-hybridized carbons (Fsp3) is 0.576. The lowest BCUT2D eigenvalue weighted by atomic mass is 9.84. The Morgan fingerprint density at radius 3 is 1.33 bits per heavy atom. The molecule has 9 amide bonds. The molecule has 2 aromatic carbocycles. The number of amides is 9. The van der Waals surface area contributed by atoms with Gasteiger partial charge in [0.1, 0.15) is 36.3 Å². The zero-order valence-corrected chi connectivity index (χ0v) is 46.9. The molecular weight excluding hydrogens is 1030 g/mol. The van der Waals surface area contributed by atoms with Gasteiger partial charge in [0.25, 0.3) is 0 Å². The lowest BCUT2D eigenvalue weighted by Gasteiger charge is -2.33. The Bertz CT molecular complexity index is 2830. The van der Waals surface area contributed by atoms with Crippen molar-refractivity contribution in [3.8, 4) is 0 Å². The summed E-state index contributed by atoms with van der Waals surface area (Å²) in [6, 6.07) is 7.23. The number of benzene rings is 2. The van der Waals surface area contributed by atoms with Crippen molar-refractivity contribution in [2.75, 3.05) is 13.1 Å². The molecule has 16 N–H and O–H groups in total. The van der Waals surface area contributed by atoms with E-state index < -0.39 is 113 Å². The molecule has 3 fully saturated rings. The van der Waals surface area contributed by atoms with Crippen molar-refractivity contribution in [1.82, 2.24) is 52.5 Å². The zero-order valence-electron chi connectivity index (χ0n) is 46.9. The van der Waals surface area contributed by atoms with Gasteiger partial charge in [-0.1, -0.05) is 63.1 Å². The van der Waals surface area contributed by atoms with Crippen molar-refractivity contribution < 1.29 is 43.2 Å². The van der Waals surface area contributed by atoms with Crippen LogP contribution in [-0.4, -0.2) is 125 Å². The molecule has 3 aliphatic rings. The van der Waals surface area contributed by atoms with Crippen LogP contribution < -0.4 is 59.7 Å². The number of carbonyl (C=O) groups excluding carboxylic acids is 9. The van der Waals surface area contributed by atoms with E-state index in [0.29, 0.717) is 77.3 Å². The van der Waals surface area contributed by atoms with E-state index in [1.807, 2.05) is 62.4 Å². The van der Waals surface area contributed by atoms with Gasteiger partial charge in [-0.2, -0.15) is 0 Å². The molecular formula is C59H85N13O9. The molecule has 2 saturated carbocycles. The molecule has 4 bridgehead atoms. The van der Waals surface area contributed by atoms with Crippen LogP contribution in [0.3, 0.4) is 0 Å². The average Bonchev–Trinajstić information content (AvgIpc) is 4.11. The minimum absolute atomic E-state index is 0.0660. The van der Waals surface area contributed by atoms with Crippen molar-refractivity contribution in [3.05, 3.63) is 72.1 Å². The first-order valence-corrected chi connectivity index (χ1v) is 29.2. The second kappa shape index (κ2) is 29.9. The SMILES string of the molecule is CC(C)C[C@@H]1NC(=O)[C@@H](Cc2c[nH]c3ccccc23)NC(=O)[C@@H]2CCC[C@@H](C2)NC(=O)[C@@H](CCCCN)NC(=O)[C@H](CCC(N)=O)NC(=O)[C@@H](CCCCN)NC(=O)[C@@H]2CCC[C@@H](C2)NC(=O)[C@@H](Cc2c[nH]c3ccccc23)NC1=O. The molecule has 3 heterocycles. The molecule has 4 aromatic rings. The van der Waals surface area contributed by atoms with Crippen LogP contribution in [0.5, 0.6) is 0 Å². The molecule has 2 aliphatic carbocycles. The number of unbranched alkanes of at least 4 members (excludes halogenated alkanes) is 2. The van der Waals surface area contributed by atoms with Crippen molar-refractivity contribution in [1.29, 1.82) is 0 Å². The third-order valence-electron chi connectivity index (χ3n) is 16.1. The van der Waals surface area contributed by atoms with Gasteiger partial charge in [0, 0.05) is 77.4 Å². The van der Waals surface area contributed by atoms with Gasteiger partial charge in [0.15, 0.2) is 0 Å². The van der Waals surface area contributed by atoms with E-state index in [1.54, 1.807) is 12.4 Å². The number of para-hydroxylation sites is 2. The standard InChI is InChI=1S/C59H85N13O9/c1-34(2)27-48-58(80)72-49(30-37-32-63-43-19-5-3-17-41(37)43)57(79)66-40-16-11-13-35(28-40)52(74)67-46(22-8-10-26-61)55(77)69-47(23-24-51(62)73)56(78)68-45(21-7-9-25-60)54(76)65-39-15-12-14-36(29-39)53(75)70-50(59(81)71-48)31-38-33-64-44-20-6-4-18-42(38)44/h3-6,17-20,32-36,39-40,45-50,63-64H,7-16,21-31,60-61H2,1-2H3,(H2,62,73)(H,65,76)(H,66,79)(H,67,74)(H,68,78)(H,69,77)(H,70,75)(H,71,81)(H,72,80)/t35-,36-,39+,40+,45-,46-,47+,48+,49-,50-/m1/s1. The Balaban J connectivity index is 1.23. The predicted molar refractivity (Wildman–Crippen MR) is 307 cm³/mol. The Morgan fingerprint density at radius 2 is 0.864 bits per heavy atom. The molecule has 22 nitrogen and oxygen atoms in total. The highest BCUT2D eigenvalue weighted by molar-refractivity contribution is 5.97. The number of hydrogen-bond acceptors (Lipinski definition) is 11. The van der Waals surface area contributed by atoms with Gasteiger partial charge < -0.3 is 69.7 Å². The average molecular weight is 1120 g/mol. The summed E-state index contributed by atoms with van der Waals surface area (Å²) >= 11 is 0. The first-order valence-electron chi connectivity index (χ1n) is 29.2. The summed E-state index contributed by atoms with van der Waals surface area (Å²) in [4.78, 5) is 135. The fourth-order valence-corrected chi connectivity index (χ4v) is 11.6. The Morgan fingerprint density at radius 1 is 0.481 bits per heavy atom. The first-order chi connectivity index (χ1) is 39.0. The summed E-state index contributed by atoms with van der Waals surface area (Å²) in [5.41, 5.74) is 20.4. The Kier molecular flexibility index (Phi) is 22.7. The molecule has 22 heteroatoms. The molecule has 0 unspecified atom stereocenters.